The van der Waals surface area contributed by atoms with E-state index in [4.69, 9.17) is 4.74 Å². The molecule has 2 heteroatoms. The van der Waals surface area contributed by atoms with Gasteiger partial charge in [-0.3, -0.25) is 0 Å². The number of hydrogen-bond acceptors (Lipinski definition) is 2. The number of benzene rings is 3. The molecule has 0 fully saturated rings. The molecule has 0 saturated heterocycles. The number of ether oxygens (including phenoxy) is 1. The van der Waals surface area contributed by atoms with E-state index in [9.17, 15) is 4.79 Å². The summed E-state index contributed by atoms with van der Waals surface area (Å²) in [5.41, 5.74) is 3.93. The van der Waals surface area contributed by atoms with Gasteiger partial charge in [-0.25, -0.2) is 4.79 Å². The molecule has 3 aromatic carbocycles. The highest BCUT2D eigenvalue weighted by Crippen LogP contribution is 2.52. The largest absolute Gasteiger partial charge is 0.446 e. The van der Waals surface area contributed by atoms with Crippen LogP contribution in [0.15, 0.2) is 72.8 Å². The van der Waals surface area contributed by atoms with Crippen LogP contribution in [0.2, 0.25) is 0 Å². The summed E-state index contributed by atoms with van der Waals surface area (Å²) in [4.78, 5) is 12.3. The second kappa shape index (κ2) is 5.07. The van der Waals surface area contributed by atoms with Gasteiger partial charge in [0.05, 0.1) is 0 Å². The molecule has 0 N–H and O–H groups in total. The first-order valence-electron chi connectivity index (χ1n) is 8.03. The van der Waals surface area contributed by atoms with Gasteiger partial charge in [-0.1, -0.05) is 67.2 Å². The lowest BCUT2D eigenvalue weighted by Gasteiger charge is -2.27. The first-order valence-corrected chi connectivity index (χ1v) is 8.03. The van der Waals surface area contributed by atoms with E-state index in [1.54, 1.807) is 6.92 Å². The third kappa shape index (κ3) is 1.93. The summed E-state index contributed by atoms with van der Waals surface area (Å²) in [5.74, 6) is -0.367. The molecule has 3 aromatic rings. The molecule has 4 rings (SSSR count). The van der Waals surface area contributed by atoms with E-state index in [1.165, 1.54) is 10.8 Å². The lowest BCUT2D eigenvalue weighted by Crippen LogP contribution is -2.28. The van der Waals surface area contributed by atoms with E-state index in [1.807, 2.05) is 37.3 Å². The van der Waals surface area contributed by atoms with Crippen molar-refractivity contribution in [1.82, 2.24) is 0 Å². The van der Waals surface area contributed by atoms with Gasteiger partial charge in [-0.05, 0) is 35.7 Å². The van der Waals surface area contributed by atoms with Crippen molar-refractivity contribution in [3.8, 4) is 11.1 Å². The molecular formula is C22H18O2. The van der Waals surface area contributed by atoms with Gasteiger partial charge in [-0.2, -0.15) is 0 Å². The van der Waals surface area contributed by atoms with Crippen molar-refractivity contribution in [2.24, 2.45) is 0 Å². The molecule has 24 heavy (non-hydrogen) atoms. The van der Waals surface area contributed by atoms with Crippen LogP contribution in [-0.4, -0.2) is 5.97 Å². The lowest BCUT2D eigenvalue weighted by molar-refractivity contribution is -0.149. The zero-order valence-corrected chi connectivity index (χ0v) is 13.8. The zero-order valence-electron chi connectivity index (χ0n) is 13.8. The number of hydrogen-bond donors (Lipinski definition) is 0. The number of esters is 1. The Morgan fingerprint density at radius 2 is 1.67 bits per heavy atom. The van der Waals surface area contributed by atoms with Crippen LogP contribution in [0, 0.1) is 0 Å². The quantitative estimate of drug-likeness (QED) is 0.480. The Bertz CT molecular complexity index is 1000. The molecule has 1 atom stereocenters. The number of carbonyl (C=O) groups is 1. The fourth-order valence-electron chi connectivity index (χ4n) is 3.60. The first kappa shape index (κ1) is 14.7. The summed E-state index contributed by atoms with van der Waals surface area (Å²) in [6.45, 7) is 7.36. The number of rotatable bonds is 2. The lowest BCUT2D eigenvalue weighted by atomic mass is 9.92. The van der Waals surface area contributed by atoms with Crippen molar-refractivity contribution in [3.63, 3.8) is 0 Å². The smallest absolute Gasteiger partial charge is 0.334 e. The monoisotopic (exact) mass is 314 g/mol. The van der Waals surface area contributed by atoms with Crippen molar-refractivity contribution in [2.45, 2.75) is 19.4 Å². The van der Waals surface area contributed by atoms with E-state index >= 15 is 0 Å². The van der Waals surface area contributed by atoms with Crippen molar-refractivity contribution in [2.75, 3.05) is 0 Å². The molecule has 0 bridgehead atoms. The predicted octanol–water partition coefficient (Wildman–Crippen LogP) is 5.20. The molecule has 118 valence electrons. The Labute approximate surface area is 141 Å². The van der Waals surface area contributed by atoms with Crippen LogP contribution in [0.1, 0.15) is 25.0 Å². The summed E-state index contributed by atoms with van der Waals surface area (Å²) < 4.78 is 5.92. The first-order chi connectivity index (χ1) is 11.5. The van der Waals surface area contributed by atoms with Crippen molar-refractivity contribution >= 4 is 16.7 Å². The predicted molar refractivity (Wildman–Crippen MR) is 96.7 cm³/mol. The van der Waals surface area contributed by atoms with Gasteiger partial charge in [0.2, 0.25) is 0 Å². The van der Waals surface area contributed by atoms with E-state index in [0.29, 0.717) is 5.57 Å². The Hall–Kier alpha value is -2.87. The molecule has 2 nitrogen and oxygen atoms in total. The second-order valence-electron chi connectivity index (χ2n) is 6.46. The minimum atomic E-state index is -0.800. The van der Waals surface area contributed by atoms with Gasteiger partial charge in [-0.15, -0.1) is 0 Å². The number of fused-ring (bicyclic) bond motifs is 5. The minimum Gasteiger partial charge on any atom is -0.446 e. The molecule has 0 amide bonds. The molecule has 0 saturated carbocycles. The highest BCUT2D eigenvalue weighted by Gasteiger charge is 2.43. The van der Waals surface area contributed by atoms with Gasteiger partial charge in [0.15, 0.2) is 5.60 Å². The molecule has 1 aliphatic carbocycles. The fraction of sp³-hybridized carbons (Fsp3) is 0.136. The maximum atomic E-state index is 12.3. The molecule has 0 radical (unpaired) electrons. The Kier molecular flexibility index (Phi) is 3.10. The highest BCUT2D eigenvalue weighted by molar-refractivity contribution is 6.02. The van der Waals surface area contributed by atoms with Crippen LogP contribution in [0.5, 0.6) is 0 Å². The summed E-state index contributed by atoms with van der Waals surface area (Å²) in [6.07, 6.45) is 0. The van der Waals surface area contributed by atoms with Crippen LogP contribution < -0.4 is 0 Å². The minimum absolute atomic E-state index is 0.367. The Balaban J connectivity index is 2.04. The van der Waals surface area contributed by atoms with Gasteiger partial charge >= 0.3 is 5.97 Å². The SMILES string of the molecule is C=C(C)C(=O)OC1(C)c2ccccc2-c2c1ccc1ccccc21. The van der Waals surface area contributed by atoms with Crippen LogP contribution in [0.25, 0.3) is 21.9 Å². The average molecular weight is 314 g/mol. The van der Waals surface area contributed by atoms with Gasteiger partial charge < -0.3 is 4.74 Å². The van der Waals surface area contributed by atoms with Crippen LogP contribution in [0.4, 0.5) is 0 Å². The topological polar surface area (TPSA) is 26.3 Å². The summed E-state index contributed by atoms with van der Waals surface area (Å²) >= 11 is 0. The van der Waals surface area contributed by atoms with Crippen molar-refractivity contribution in [3.05, 3.63) is 83.9 Å². The van der Waals surface area contributed by atoms with Gasteiger partial charge in [0, 0.05) is 16.7 Å². The molecule has 0 aromatic heterocycles. The molecule has 1 unspecified atom stereocenters. The average Bonchev–Trinajstić information content (AvgIpc) is 2.84. The molecule has 0 spiro atoms. The zero-order chi connectivity index (χ0) is 16.9. The third-order valence-electron chi connectivity index (χ3n) is 4.80. The molecule has 0 aliphatic heterocycles. The van der Waals surface area contributed by atoms with Gasteiger partial charge in [0.1, 0.15) is 0 Å². The molecule has 1 aliphatic rings. The van der Waals surface area contributed by atoms with Crippen molar-refractivity contribution in [1.29, 1.82) is 0 Å². The maximum Gasteiger partial charge on any atom is 0.334 e. The third-order valence-corrected chi connectivity index (χ3v) is 4.80. The summed E-state index contributed by atoms with van der Waals surface area (Å²) in [7, 11) is 0. The summed E-state index contributed by atoms with van der Waals surface area (Å²) in [6, 6.07) is 20.6. The van der Waals surface area contributed by atoms with E-state index in [-0.39, 0.29) is 5.97 Å². The molecular weight excluding hydrogens is 296 g/mol. The Morgan fingerprint density at radius 1 is 0.958 bits per heavy atom. The molecule has 0 heterocycles. The standard InChI is InChI=1S/C22H18O2/c1-14(2)21(23)24-22(3)18-11-7-6-10-17(18)20-16-9-5-4-8-15(16)12-13-19(20)22/h4-13H,1H2,2-3H3. The van der Waals surface area contributed by atoms with Crippen LogP contribution >= 0.6 is 0 Å². The Morgan fingerprint density at radius 3 is 2.46 bits per heavy atom. The van der Waals surface area contributed by atoms with Crippen LogP contribution in [0.3, 0.4) is 0 Å². The highest BCUT2D eigenvalue weighted by atomic mass is 16.6. The van der Waals surface area contributed by atoms with E-state index in [2.05, 4.69) is 36.9 Å². The normalized spacial score (nSPS) is 18.1. The maximum absolute atomic E-state index is 12.3. The number of carbonyl (C=O) groups excluding carboxylic acids is 1. The second-order valence-corrected chi connectivity index (χ2v) is 6.46. The van der Waals surface area contributed by atoms with E-state index < -0.39 is 5.60 Å². The van der Waals surface area contributed by atoms with E-state index in [0.717, 1.165) is 22.3 Å². The van der Waals surface area contributed by atoms with Crippen molar-refractivity contribution < 1.29 is 9.53 Å². The van der Waals surface area contributed by atoms with Crippen LogP contribution in [-0.2, 0) is 15.1 Å². The fourth-order valence-corrected chi connectivity index (χ4v) is 3.60. The summed E-state index contributed by atoms with van der Waals surface area (Å²) in [5, 5.41) is 2.36. The van der Waals surface area contributed by atoms with Gasteiger partial charge in [0.25, 0.3) is 0 Å².